The molecule has 130 valence electrons. The number of nitrogens with one attached hydrogen (secondary N) is 1. The van der Waals surface area contributed by atoms with Crippen LogP contribution < -0.4 is 16.6 Å². The average molecular weight is 369 g/mol. The van der Waals surface area contributed by atoms with Gasteiger partial charge in [0.15, 0.2) is 5.13 Å². The van der Waals surface area contributed by atoms with Gasteiger partial charge >= 0.3 is 0 Å². The van der Waals surface area contributed by atoms with Gasteiger partial charge in [0.25, 0.3) is 11.5 Å². The van der Waals surface area contributed by atoms with E-state index >= 15 is 0 Å². The Morgan fingerprint density at radius 1 is 1.27 bits per heavy atom. The Hall–Kier alpha value is -3.53. The van der Waals surface area contributed by atoms with E-state index in [1.165, 1.54) is 12.5 Å². The minimum atomic E-state index is -0.626. The second-order valence-corrected chi connectivity index (χ2v) is 6.43. The van der Waals surface area contributed by atoms with Gasteiger partial charge in [-0.2, -0.15) is 0 Å². The van der Waals surface area contributed by atoms with E-state index in [9.17, 15) is 14.4 Å². The lowest BCUT2D eigenvalue weighted by Gasteiger charge is -2.04. The van der Waals surface area contributed by atoms with E-state index in [2.05, 4.69) is 15.3 Å². The monoisotopic (exact) mass is 369 g/mol. The first-order chi connectivity index (χ1) is 12.5. The molecule has 2 amide bonds. The Balaban J connectivity index is 1.61. The molecule has 0 saturated carbocycles. The summed E-state index contributed by atoms with van der Waals surface area (Å²) in [6, 6.07) is 7.17. The molecular weight excluding hydrogens is 358 g/mol. The zero-order valence-electron chi connectivity index (χ0n) is 13.1. The number of hydrogen-bond donors (Lipinski definition) is 2. The van der Waals surface area contributed by atoms with Crippen LogP contribution in [0.3, 0.4) is 0 Å². The number of hydrogen-bond acceptors (Lipinski definition) is 7. The van der Waals surface area contributed by atoms with Crippen LogP contribution in [0.4, 0.5) is 5.13 Å². The van der Waals surface area contributed by atoms with Gasteiger partial charge in [-0.25, -0.2) is 9.97 Å². The highest BCUT2D eigenvalue weighted by Gasteiger charge is 2.15. The van der Waals surface area contributed by atoms with Crippen LogP contribution in [0, 0.1) is 0 Å². The first-order valence-corrected chi connectivity index (χ1v) is 8.27. The number of carbonyl (C=O) groups is 2. The van der Waals surface area contributed by atoms with E-state index in [1.54, 1.807) is 12.1 Å². The number of primary amides is 1. The number of rotatable bonds is 4. The Morgan fingerprint density at radius 3 is 2.85 bits per heavy atom. The summed E-state index contributed by atoms with van der Waals surface area (Å²) in [4.78, 5) is 44.1. The van der Waals surface area contributed by atoms with Crippen molar-refractivity contribution in [3.63, 3.8) is 0 Å². The number of nitrogens with zero attached hydrogens (tertiary/aromatic N) is 3. The van der Waals surface area contributed by atoms with E-state index in [0.29, 0.717) is 11.1 Å². The highest BCUT2D eigenvalue weighted by molar-refractivity contribution is 7.17. The van der Waals surface area contributed by atoms with Gasteiger partial charge in [-0.15, -0.1) is 0 Å². The predicted molar refractivity (Wildman–Crippen MR) is 95.0 cm³/mol. The maximum Gasteiger partial charge on any atom is 0.297 e. The summed E-state index contributed by atoms with van der Waals surface area (Å²) >= 11 is 0.950. The fraction of sp³-hybridized carbons (Fsp3) is 0.0625. The number of thiazole rings is 1. The molecule has 0 radical (unpaired) electrons. The smallest absolute Gasteiger partial charge is 0.297 e. The van der Waals surface area contributed by atoms with E-state index in [-0.39, 0.29) is 22.1 Å². The van der Waals surface area contributed by atoms with Gasteiger partial charge in [0.05, 0.1) is 12.5 Å². The number of aromatic nitrogens is 3. The van der Waals surface area contributed by atoms with Crippen LogP contribution in [-0.2, 0) is 11.3 Å². The Bertz CT molecular complexity index is 1220. The highest BCUT2D eigenvalue weighted by Crippen LogP contribution is 2.24. The lowest BCUT2D eigenvalue weighted by molar-refractivity contribution is -0.116. The molecule has 0 unspecified atom stereocenters. The van der Waals surface area contributed by atoms with E-state index in [4.69, 9.17) is 10.2 Å². The molecule has 1 aromatic carbocycles. The van der Waals surface area contributed by atoms with Crippen molar-refractivity contribution in [3.05, 3.63) is 52.0 Å². The third-order valence-electron chi connectivity index (χ3n) is 3.66. The first kappa shape index (κ1) is 16.0. The molecule has 0 fully saturated rings. The maximum absolute atomic E-state index is 12.6. The molecule has 4 aromatic rings. The third-order valence-corrected chi connectivity index (χ3v) is 4.59. The lowest BCUT2D eigenvalue weighted by atomic mass is 10.2. The number of fused-ring (bicyclic) bond motifs is 3. The summed E-state index contributed by atoms with van der Waals surface area (Å²) < 4.78 is 6.71. The first-order valence-electron chi connectivity index (χ1n) is 7.45. The molecule has 9 nitrogen and oxygen atoms in total. The summed E-state index contributed by atoms with van der Waals surface area (Å²) in [5, 5.41) is 3.46. The van der Waals surface area contributed by atoms with Gasteiger partial charge in [-0.05, 0) is 12.1 Å². The van der Waals surface area contributed by atoms with Crippen LogP contribution in [-0.4, -0.2) is 26.3 Å². The van der Waals surface area contributed by atoms with Gasteiger partial charge < -0.3 is 15.5 Å². The summed E-state index contributed by atoms with van der Waals surface area (Å²) in [6.07, 6.45) is 2.57. The molecule has 3 aromatic heterocycles. The predicted octanol–water partition coefficient (Wildman–Crippen LogP) is 1.34. The van der Waals surface area contributed by atoms with Crippen molar-refractivity contribution in [1.29, 1.82) is 0 Å². The van der Waals surface area contributed by atoms with Crippen molar-refractivity contribution >= 4 is 50.4 Å². The molecule has 0 saturated heterocycles. The number of benzene rings is 1. The van der Waals surface area contributed by atoms with Crippen molar-refractivity contribution in [2.45, 2.75) is 6.54 Å². The molecule has 0 bridgehead atoms. The summed E-state index contributed by atoms with van der Waals surface area (Å²) in [5.41, 5.74) is 5.77. The minimum absolute atomic E-state index is 0.0896. The Morgan fingerprint density at radius 2 is 2.08 bits per heavy atom. The summed E-state index contributed by atoms with van der Waals surface area (Å²) in [7, 11) is 0. The minimum Gasteiger partial charge on any atom is -0.448 e. The second-order valence-electron chi connectivity index (χ2n) is 5.40. The zero-order valence-corrected chi connectivity index (χ0v) is 13.9. The molecule has 0 spiro atoms. The van der Waals surface area contributed by atoms with Crippen LogP contribution in [0.15, 0.2) is 46.0 Å². The van der Waals surface area contributed by atoms with Gasteiger partial charge in [-0.1, -0.05) is 23.5 Å². The SMILES string of the molecule is NC(=O)c1cnc(NC(=O)Cn2cnc3c(oc4ccccc43)c2=O)s1. The largest absolute Gasteiger partial charge is 0.448 e. The fourth-order valence-corrected chi connectivity index (χ4v) is 3.17. The standard InChI is InChI=1S/C16H11N5O4S/c17-14(23)10-5-18-16(26-10)20-11(22)6-21-7-19-12-8-3-1-2-4-9(8)25-13(12)15(21)24/h1-5,7H,6H2,(H2,17,23)(H,18,20,22). The maximum atomic E-state index is 12.6. The molecule has 0 aliphatic heterocycles. The van der Waals surface area contributed by atoms with Crippen molar-refractivity contribution in [3.8, 4) is 0 Å². The highest BCUT2D eigenvalue weighted by atomic mass is 32.1. The number of furan rings is 1. The van der Waals surface area contributed by atoms with E-state index in [0.717, 1.165) is 21.3 Å². The number of anilines is 1. The normalized spacial score (nSPS) is 11.1. The summed E-state index contributed by atoms with van der Waals surface area (Å²) in [6.45, 7) is -0.274. The molecule has 26 heavy (non-hydrogen) atoms. The molecule has 0 aliphatic carbocycles. The Labute approximate surface area is 149 Å². The van der Waals surface area contributed by atoms with Gasteiger partial charge in [0, 0.05) is 5.39 Å². The van der Waals surface area contributed by atoms with E-state index < -0.39 is 17.4 Å². The number of amides is 2. The molecule has 3 N–H and O–H groups in total. The number of carbonyl (C=O) groups excluding carboxylic acids is 2. The number of para-hydroxylation sites is 1. The van der Waals surface area contributed by atoms with Crippen LogP contribution in [0.5, 0.6) is 0 Å². The molecule has 4 rings (SSSR count). The van der Waals surface area contributed by atoms with Gasteiger partial charge in [0.1, 0.15) is 22.5 Å². The molecule has 3 heterocycles. The van der Waals surface area contributed by atoms with Crippen molar-refractivity contribution in [1.82, 2.24) is 14.5 Å². The molecule has 10 heteroatoms. The van der Waals surface area contributed by atoms with Gasteiger partial charge in [-0.3, -0.25) is 19.0 Å². The number of nitrogens with two attached hydrogens (primary N) is 1. The van der Waals surface area contributed by atoms with Crippen molar-refractivity contribution < 1.29 is 14.0 Å². The molecule has 0 atom stereocenters. The molecular formula is C16H11N5O4S. The van der Waals surface area contributed by atoms with Crippen LogP contribution in [0.25, 0.3) is 22.1 Å². The zero-order chi connectivity index (χ0) is 18.3. The summed E-state index contributed by atoms with van der Waals surface area (Å²) in [5.74, 6) is -1.12. The van der Waals surface area contributed by atoms with Crippen molar-refractivity contribution in [2.24, 2.45) is 5.73 Å². The van der Waals surface area contributed by atoms with Crippen LogP contribution in [0.1, 0.15) is 9.67 Å². The van der Waals surface area contributed by atoms with Gasteiger partial charge in [0.2, 0.25) is 11.5 Å². The molecule has 0 aliphatic rings. The Kier molecular flexibility index (Phi) is 3.73. The third kappa shape index (κ3) is 2.71. The average Bonchev–Trinajstić information content (AvgIpc) is 3.22. The van der Waals surface area contributed by atoms with E-state index in [1.807, 2.05) is 12.1 Å². The van der Waals surface area contributed by atoms with Crippen LogP contribution in [0.2, 0.25) is 0 Å². The van der Waals surface area contributed by atoms with Crippen molar-refractivity contribution in [2.75, 3.05) is 5.32 Å². The lowest BCUT2D eigenvalue weighted by Crippen LogP contribution is -2.27. The fourth-order valence-electron chi connectivity index (χ4n) is 2.49. The quantitative estimate of drug-likeness (QED) is 0.558. The second kappa shape index (κ2) is 6.08. The van der Waals surface area contributed by atoms with Crippen LogP contribution >= 0.6 is 11.3 Å². The topological polar surface area (TPSA) is 133 Å².